The molecule has 26 heavy (non-hydrogen) atoms. The highest BCUT2D eigenvalue weighted by Gasteiger charge is 2.22. The number of primary sulfonamides is 1. The molecule has 1 aromatic heterocycles. The Balaban J connectivity index is 2.24. The fourth-order valence-corrected chi connectivity index (χ4v) is 3.63. The van der Waals surface area contributed by atoms with Gasteiger partial charge in [0, 0.05) is 17.3 Å². The number of rotatable bonds is 3. The van der Waals surface area contributed by atoms with Crippen LogP contribution in [0.3, 0.4) is 0 Å². The topological polar surface area (TPSA) is 73.0 Å². The molecular formula is C19H16F2N2O2S. The second-order valence-corrected chi connectivity index (χ2v) is 7.59. The van der Waals surface area contributed by atoms with Crippen LogP contribution in [0, 0.1) is 25.5 Å². The number of hydrogen-bond donors (Lipinski definition) is 1. The van der Waals surface area contributed by atoms with E-state index in [2.05, 4.69) is 4.98 Å². The Bertz CT molecular complexity index is 1070. The molecule has 0 amide bonds. The zero-order valence-corrected chi connectivity index (χ0v) is 14.9. The average Bonchev–Trinajstić information content (AvgIpc) is 2.52. The molecule has 0 spiro atoms. The molecule has 7 heteroatoms. The van der Waals surface area contributed by atoms with Gasteiger partial charge in [-0.05, 0) is 37.6 Å². The Labute approximate surface area is 150 Å². The van der Waals surface area contributed by atoms with Crippen molar-refractivity contribution >= 4 is 10.0 Å². The lowest BCUT2D eigenvalue weighted by Gasteiger charge is -2.12. The van der Waals surface area contributed by atoms with Crippen molar-refractivity contribution < 1.29 is 17.2 Å². The van der Waals surface area contributed by atoms with Crippen LogP contribution in [0.1, 0.15) is 11.1 Å². The molecule has 0 saturated carbocycles. The first kappa shape index (κ1) is 18.2. The molecule has 134 valence electrons. The molecule has 0 aliphatic rings. The SMILES string of the molecule is Cc1cc(C)cc(-c2cccnc2-c2cc(F)c(S(N)(=O)=O)c(F)c2)c1. The molecule has 2 aromatic carbocycles. The third kappa shape index (κ3) is 3.49. The van der Waals surface area contributed by atoms with Gasteiger partial charge in [-0.25, -0.2) is 22.3 Å². The molecule has 1 heterocycles. The molecule has 0 fully saturated rings. The second kappa shape index (κ2) is 6.59. The summed E-state index contributed by atoms with van der Waals surface area (Å²) in [7, 11) is -4.51. The van der Waals surface area contributed by atoms with E-state index < -0.39 is 26.6 Å². The van der Waals surface area contributed by atoms with Crippen LogP contribution >= 0.6 is 0 Å². The van der Waals surface area contributed by atoms with Gasteiger partial charge < -0.3 is 0 Å². The molecule has 0 aliphatic carbocycles. The van der Waals surface area contributed by atoms with Gasteiger partial charge in [0.05, 0.1) is 5.69 Å². The van der Waals surface area contributed by atoms with E-state index in [0.717, 1.165) is 28.8 Å². The maximum atomic E-state index is 14.2. The van der Waals surface area contributed by atoms with Gasteiger partial charge in [-0.2, -0.15) is 0 Å². The molecule has 0 saturated heterocycles. The van der Waals surface area contributed by atoms with Crippen LogP contribution in [0.15, 0.2) is 53.6 Å². The van der Waals surface area contributed by atoms with Crippen molar-refractivity contribution in [3.8, 4) is 22.4 Å². The lowest BCUT2D eigenvalue weighted by molar-refractivity contribution is 0.520. The molecule has 3 aromatic rings. The number of halogens is 2. The van der Waals surface area contributed by atoms with Gasteiger partial charge in [0.2, 0.25) is 10.0 Å². The summed E-state index contributed by atoms with van der Waals surface area (Å²) in [4.78, 5) is 3.10. The van der Waals surface area contributed by atoms with Gasteiger partial charge in [0.15, 0.2) is 4.90 Å². The van der Waals surface area contributed by atoms with Gasteiger partial charge in [0.25, 0.3) is 0 Å². The fraction of sp³-hybridized carbons (Fsp3) is 0.105. The van der Waals surface area contributed by atoms with Gasteiger partial charge >= 0.3 is 0 Å². The minimum absolute atomic E-state index is 0.127. The molecule has 0 bridgehead atoms. The van der Waals surface area contributed by atoms with E-state index in [9.17, 15) is 17.2 Å². The summed E-state index contributed by atoms with van der Waals surface area (Å²) in [6, 6.07) is 11.3. The zero-order chi connectivity index (χ0) is 19.1. The number of pyridine rings is 1. The van der Waals surface area contributed by atoms with Crippen LogP contribution < -0.4 is 5.14 Å². The van der Waals surface area contributed by atoms with E-state index in [1.54, 1.807) is 12.1 Å². The van der Waals surface area contributed by atoms with Crippen LogP contribution in [-0.4, -0.2) is 13.4 Å². The number of aromatic nitrogens is 1. The first-order valence-corrected chi connectivity index (χ1v) is 9.27. The van der Waals surface area contributed by atoms with Crippen LogP contribution in [-0.2, 0) is 10.0 Å². The first-order valence-electron chi connectivity index (χ1n) is 7.73. The van der Waals surface area contributed by atoms with Crippen molar-refractivity contribution in [2.75, 3.05) is 0 Å². The minimum atomic E-state index is -4.51. The van der Waals surface area contributed by atoms with Gasteiger partial charge in [0.1, 0.15) is 11.6 Å². The van der Waals surface area contributed by atoms with Crippen molar-refractivity contribution in [1.29, 1.82) is 0 Å². The predicted octanol–water partition coefficient (Wildman–Crippen LogP) is 3.96. The van der Waals surface area contributed by atoms with Crippen molar-refractivity contribution in [3.05, 3.63) is 71.4 Å². The summed E-state index contributed by atoms with van der Waals surface area (Å²) < 4.78 is 51.2. The summed E-state index contributed by atoms with van der Waals surface area (Å²) in [5.41, 5.74) is 4.08. The lowest BCUT2D eigenvalue weighted by Crippen LogP contribution is -2.16. The van der Waals surface area contributed by atoms with E-state index in [0.29, 0.717) is 11.3 Å². The van der Waals surface area contributed by atoms with Crippen LogP contribution in [0.25, 0.3) is 22.4 Å². The maximum Gasteiger partial charge on any atom is 0.243 e. The van der Waals surface area contributed by atoms with E-state index >= 15 is 0 Å². The van der Waals surface area contributed by atoms with Crippen LogP contribution in [0.4, 0.5) is 8.78 Å². The molecular weight excluding hydrogens is 358 g/mol. The van der Waals surface area contributed by atoms with E-state index in [1.807, 2.05) is 32.0 Å². The fourth-order valence-electron chi connectivity index (χ4n) is 2.97. The second-order valence-electron chi connectivity index (χ2n) is 6.09. The van der Waals surface area contributed by atoms with Crippen LogP contribution in [0.2, 0.25) is 0 Å². The number of nitrogens with two attached hydrogens (primary N) is 1. The van der Waals surface area contributed by atoms with Crippen molar-refractivity contribution in [1.82, 2.24) is 4.98 Å². The standard InChI is InChI=1S/C19H16F2N2O2S/c1-11-6-12(2)8-13(7-11)15-4-3-5-23-18(15)14-9-16(20)19(17(21)10-14)26(22,24)25/h3-10H,1-2H3,(H2,22,24,25). The summed E-state index contributed by atoms with van der Waals surface area (Å²) in [5, 5.41) is 4.88. The third-order valence-corrected chi connectivity index (χ3v) is 4.86. The molecule has 0 atom stereocenters. The molecule has 0 unspecified atom stereocenters. The lowest BCUT2D eigenvalue weighted by atomic mass is 9.96. The number of sulfonamides is 1. The predicted molar refractivity (Wildman–Crippen MR) is 95.9 cm³/mol. The highest BCUT2D eigenvalue weighted by molar-refractivity contribution is 7.89. The number of aryl methyl sites for hydroxylation is 2. The normalized spacial score (nSPS) is 11.6. The summed E-state index contributed by atoms with van der Waals surface area (Å²) in [6.07, 6.45) is 1.50. The molecule has 3 rings (SSSR count). The maximum absolute atomic E-state index is 14.2. The summed E-state index contributed by atoms with van der Waals surface area (Å²) in [6.45, 7) is 3.90. The van der Waals surface area contributed by atoms with E-state index in [4.69, 9.17) is 5.14 Å². The third-order valence-electron chi connectivity index (χ3n) is 3.90. The highest BCUT2D eigenvalue weighted by Crippen LogP contribution is 2.33. The summed E-state index contributed by atoms with van der Waals surface area (Å²) >= 11 is 0. The zero-order valence-electron chi connectivity index (χ0n) is 14.1. The minimum Gasteiger partial charge on any atom is -0.256 e. The Hall–Kier alpha value is -2.64. The first-order chi connectivity index (χ1) is 12.2. The summed E-state index contributed by atoms with van der Waals surface area (Å²) in [5.74, 6) is -2.50. The van der Waals surface area contributed by atoms with Gasteiger partial charge in [-0.1, -0.05) is 35.4 Å². The molecule has 4 nitrogen and oxygen atoms in total. The smallest absolute Gasteiger partial charge is 0.243 e. The van der Waals surface area contributed by atoms with Crippen molar-refractivity contribution in [2.45, 2.75) is 18.7 Å². The van der Waals surface area contributed by atoms with Crippen molar-refractivity contribution in [3.63, 3.8) is 0 Å². The molecule has 0 radical (unpaired) electrons. The van der Waals surface area contributed by atoms with Crippen molar-refractivity contribution in [2.24, 2.45) is 5.14 Å². The Morgan fingerprint density at radius 1 is 0.923 bits per heavy atom. The number of benzene rings is 2. The molecule has 0 aliphatic heterocycles. The average molecular weight is 374 g/mol. The monoisotopic (exact) mass is 374 g/mol. The Morgan fingerprint density at radius 3 is 2.04 bits per heavy atom. The van der Waals surface area contributed by atoms with E-state index in [-0.39, 0.29) is 5.56 Å². The van der Waals surface area contributed by atoms with Gasteiger partial charge in [-0.15, -0.1) is 0 Å². The largest absolute Gasteiger partial charge is 0.256 e. The molecule has 2 N–H and O–H groups in total. The Kier molecular flexibility index (Phi) is 4.60. The van der Waals surface area contributed by atoms with E-state index in [1.165, 1.54) is 6.20 Å². The van der Waals surface area contributed by atoms with Crippen LogP contribution in [0.5, 0.6) is 0 Å². The highest BCUT2D eigenvalue weighted by atomic mass is 32.2. The quantitative estimate of drug-likeness (QED) is 0.754. The van der Waals surface area contributed by atoms with Gasteiger partial charge in [-0.3, -0.25) is 4.98 Å². The Morgan fingerprint density at radius 2 is 1.50 bits per heavy atom. The number of hydrogen-bond acceptors (Lipinski definition) is 3. The number of nitrogens with zero attached hydrogens (tertiary/aromatic N) is 1.